The first-order chi connectivity index (χ1) is 9.95. The van der Waals surface area contributed by atoms with E-state index in [9.17, 15) is 9.59 Å². The minimum Gasteiger partial charge on any atom is -0.353 e. The number of benzene rings is 1. The van der Waals surface area contributed by atoms with Crippen LogP contribution in [-0.4, -0.2) is 41.8 Å². The van der Waals surface area contributed by atoms with Gasteiger partial charge >= 0.3 is 0 Å². The molecular weight excluding hydrogens is 264 g/mol. The summed E-state index contributed by atoms with van der Waals surface area (Å²) in [6.07, 6.45) is 2.14. The second-order valence-corrected chi connectivity index (χ2v) is 6.11. The fraction of sp³-hybridized carbons (Fsp3) is 0.529. The standard InChI is InChI=1S/C17H24N2O2/c1-4-5-13-6-8-14(9-7-13)15(20)12-19-11-10-18-16(21)17(19,2)3/h6-9H,4-5,10-12H2,1-3H3,(H,18,21). The van der Waals surface area contributed by atoms with Gasteiger partial charge in [0.25, 0.3) is 0 Å². The van der Waals surface area contributed by atoms with E-state index in [0.29, 0.717) is 13.1 Å². The number of nitrogens with one attached hydrogen (secondary N) is 1. The van der Waals surface area contributed by atoms with Crippen molar-refractivity contribution in [2.24, 2.45) is 0 Å². The van der Waals surface area contributed by atoms with Crippen LogP contribution in [0.5, 0.6) is 0 Å². The number of aryl methyl sites for hydroxylation is 1. The number of nitrogens with zero attached hydrogens (tertiary/aromatic N) is 1. The van der Waals surface area contributed by atoms with E-state index < -0.39 is 5.54 Å². The summed E-state index contributed by atoms with van der Waals surface area (Å²) >= 11 is 0. The Kier molecular flexibility index (Phi) is 4.78. The van der Waals surface area contributed by atoms with Gasteiger partial charge in [0.2, 0.25) is 5.91 Å². The normalized spacial score (nSPS) is 18.3. The molecule has 1 N–H and O–H groups in total. The van der Waals surface area contributed by atoms with Gasteiger partial charge in [0.1, 0.15) is 0 Å². The van der Waals surface area contributed by atoms with Crippen LogP contribution in [0.3, 0.4) is 0 Å². The molecule has 0 unspecified atom stereocenters. The molecule has 0 radical (unpaired) electrons. The van der Waals surface area contributed by atoms with E-state index in [2.05, 4.69) is 12.2 Å². The van der Waals surface area contributed by atoms with Crippen LogP contribution in [0.1, 0.15) is 43.1 Å². The van der Waals surface area contributed by atoms with Crippen LogP contribution in [0.2, 0.25) is 0 Å². The second-order valence-electron chi connectivity index (χ2n) is 6.11. The average Bonchev–Trinajstić information content (AvgIpc) is 2.45. The van der Waals surface area contributed by atoms with Gasteiger partial charge in [-0.3, -0.25) is 14.5 Å². The minimum absolute atomic E-state index is 0.0140. The Labute approximate surface area is 126 Å². The molecule has 4 heteroatoms. The molecule has 0 bridgehead atoms. The Hall–Kier alpha value is -1.68. The zero-order valence-electron chi connectivity index (χ0n) is 13.1. The monoisotopic (exact) mass is 288 g/mol. The molecule has 0 aliphatic carbocycles. The first kappa shape index (κ1) is 15.7. The number of piperazine rings is 1. The largest absolute Gasteiger partial charge is 0.353 e. The number of ketones is 1. The van der Waals surface area contributed by atoms with Gasteiger partial charge < -0.3 is 5.32 Å². The van der Waals surface area contributed by atoms with Gasteiger partial charge in [-0.15, -0.1) is 0 Å². The zero-order valence-corrected chi connectivity index (χ0v) is 13.1. The van der Waals surface area contributed by atoms with Crippen LogP contribution in [0.25, 0.3) is 0 Å². The van der Waals surface area contributed by atoms with Gasteiger partial charge in [0.15, 0.2) is 5.78 Å². The van der Waals surface area contributed by atoms with E-state index in [0.717, 1.165) is 18.4 Å². The van der Waals surface area contributed by atoms with Gasteiger partial charge in [0, 0.05) is 18.7 Å². The Bertz CT molecular complexity index is 520. The van der Waals surface area contributed by atoms with Gasteiger partial charge in [0.05, 0.1) is 12.1 Å². The van der Waals surface area contributed by atoms with Crippen molar-refractivity contribution in [3.05, 3.63) is 35.4 Å². The maximum Gasteiger partial charge on any atom is 0.240 e. The summed E-state index contributed by atoms with van der Waals surface area (Å²) in [6.45, 7) is 7.46. The minimum atomic E-state index is -0.629. The van der Waals surface area contributed by atoms with Crippen LogP contribution in [0.15, 0.2) is 24.3 Å². The zero-order chi connectivity index (χ0) is 15.5. The first-order valence-corrected chi connectivity index (χ1v) is 7.60. The number of Topliss-reactive ketones (excluding diaryl/α,β-unsaturated/α-hetero) is 1. The summed E-state index contributed by atoms with van der Waals surface area (Å²) in [5.74, 6) is 0.0562. The fourth-order valence-corrected chi connectivity index (χ4v) is 2.63. The molecule has 0 spiro atoms. The maximum atomic E-state index is 12.4. The fourth-order valence-electron chi connectivity index (χ4n) is 2.63. The van der Waals surface area contributed by atoms with E-state index in [1.54, 1.807) is 0 Å². The van der Waals surface area contributed by atoms with E-state index in [-0.39, 0.29) is 18.2 Å². The van der Waals surface area contributed by atoms with Gasteiger partial charge in [-0.2, -0.15) is 0 Å². The van der Waals surface area contributed by atoms with Crippen molar-refractivity contribution in [1.82, 2.24) is 10.2 Å². The molecule has 1 fully saturated rings. The molecule has 1 aliphatic rings. The molecule has 0 atom stereocenters. The van der Waals surface area contributed by atoms with Crippen molar-refractivity contribution in [3.8, 4) is 0 Å². The van der Waals surface area contributed by atoms with Crippen molar-refractivity contribution in [2.45, 2.75) is 39.2 Å². The molecule has 0 saturated carbocycles. The molecule has 1 heterocycles. The molecule has 21 heavy (non-hydrogen) atoms. The molecule has 114 valence electrons. The van der Waals surface area contributed by atoms with Gasteiger partial charge in [-0.05, 0) is 25.8 Å². The Balaban J connectivity index is 2.05. The van der Waals surface area contributed by atoms with E-state index in [1.165, 1.54) is 5.56 Å². The quantitative estimate of drug-likeness (QED) is 0.844. The summed E-state index contributed by atoms with van der Waals surface area (Å²) in [5, 5.41) is 2.84. The molecule has 4 nitrogen and oxygen atoms in total. The molecular formula is C17H24N2O2. The highest BCUT2D eigenvalue weighted by atomic mass is 16.2. The van der Waals surface area contributed by atoms with Crippen LogP contribution in [-0.2, 0) is 11.2 Å². The van der Waals surface area contributed by atoms with Gasteiger partial charge in [-0.1, -0.05) is 37.6 Å². The summed E-state index contributed by atoms with van der Waals surface area (Å²) < 4.78 is 0. The van der Waals surface area contributed by atoms with Crippen molar-refractivity contribution in [2.75, 3.05) is 19.6 Å². The lowest BCUT2D eigenvalue weighted by Crippen LogP contribution is -2.62. The number of amides is 1. The second kappa shape index (κ2) is 6.39. The predicted octanol–water partition coefficient (Wildman–Crippen LogP) is 2.03. The van der Waals surface area contributed by atoms with Crippen LogP contribution in [0, 0.1) is 0 Å². The topological polar surface area (TPSA) is 49.4 Å². The summed E-state index contributed by atoms with van der Waals surface area (Å²) in [6, 6.07) is 7.82. The van der Waals surface area contributed by atoms with E-state index >= 15 is 0 Å². The number of hydrogen-bond donors (Lipinski definition) is 1. The number of carbonyl (C=O) groups excluding carboxylic acids is 2. The number of carbonyl (C=O) groups is 2. The van der Waals surface area contributed by atoms with Crippen molar-refractivity contribution >= 4 is 11.7 Å². The highest BCUT2D eigenvalue weighted by Crippen LogP contribution is 2.18. The van der Waals surface area contributed by atoms with E-state index in [4.69, 9.17) is 0 Å². The van der Waals surface area contributed by atoms with Crippen molar-refractivity contribution < 1.29 is 9.59 Å². The third kappa shape index (κ3) is 3.50. The Morgan fingerprint density at radius 2 is 1.95 bits per heavy atom. The first-order valence-electron chi connectivity index (χ1n) is 7.60. The smallest absolute Gasteiger partial charge is 0.240 e. The number of hydrogen-bond acceptors (Lipinski definition) is 3. The lowest BCUT2D eigenvalue weighted by atomic mass is 9.97. The van der Waals surface area contributed by atoms with E-state index in [1.807, 2.05) is 43.0 Å². The molecule has 1 amide bonds. The van der Waals surface area contributed by atoms with Crippen LogP contribution >= 0.6 is 0 Å². The van der Waals surface area contributed by atoms with Gasteiger partial charge in [-0.25, -0.2) is 0 Å². The molecule has 0 aromatic heterocycles. The van der Waals surface area contributed by atoms with Crippen LogP contribution in [0.4, 0.5) is 0 Å². The Morgan fingerprint density at radius 3 is 2.57 bits per heavy atom. The molecule has 1 aliphatic heterocycles. The third-order valence-corrected chi connectivity index (χ3v) is 4.16. The van der Waals surface area contributed by atoms with Crippen molar-refractivity contribution in [3.63, 3.8) is 0 Å². The number of rotatable bonds is 5. The van der Waals surface area contributed by atoms with Crippen molar-refractivity contribution in [1.29, 1.82) is 0 Å². The highest BCUT2D eigenvalue weighted by Gasteiger charge is 2.38. The molecule has 1 aromatic rings. The predicted molar refractivity (Wildman–Crippen MR) is 83.4 cm³/mol. The molecule has 1 saturated heterocycles. The summed E-state index contributed by atoms with van der Waals surface area (Å²) in [4.78, 5) is 26.3. The highest BCUT2D eigenvalue weighted by molar-refractivity contribution is 5.98. The maximum absolute atomic E-state index is 12.4. The molecule has 1 aromatic carbocycles. The lowest BCUT2D eigenvalue weighted by Gasteiger charge is -2.40. The average molecular weight is 288 g/mol. The molecule has 2 rings (SSSR count). The summed E-state index contributed by atoms with van der Waals surface area (Å²) in [7, 11) is 0. The van der Waals surface area contributed by atoms with Crippen LogP contribution < -0.4 is 5.32 Å². The Morgan fingerprint density at radius 1 is 1.29 bits per heavy atom. The lowest BCUT2D eigenvalue weighted by molar-refractivity contribution is -0.134. The third-order valence-electron chi connectivity index (χ3n) is 4.16. The summed E-state index contributed by atoms with van der Waals surface area (Å²) in [5.41, 5.74) is 1.35. The SMILES string of the molecule is CCCc1ccc(C(=O)CN2CCNC(=O)C2(C)C)cc1.